The smallest absolute Gasteiger partial charge is 0.344 e. The molecular weight excluding hydrogens is 405 g/mol. The summed E-state index contributed by atoms with van der Waals surface area (Å²) in [6.45, 7) is -1.01. The summed E-state index contributed by atoms with van der Waals surface area (Å²) in [4.78, 5) is 23.2. The highest BCUT2D eigenvalue weighted by molar-refractivity contribution is 9.10. The van der Waals surface area contributed by atoms with Crippen molar-refractivity contribution in [2.24, 2.45) is 0 Å². The van der Waals surface area contributed by atoms with Crippen molar-refractivity contribution in [3.8, 4) is 5.75 Å². The SMILES string of the molecule is O=C(COC(=O)COc1ccccc1F)Nc1ccc(Br)cc1Cl. The first-order chi connectivity index (χ1) is 11.5. The molecule has 1 amide bonds. The fourth-order valence-electron chi connectivity index (χ4n) is 1.66. The predicted octanol–water partition coefficient (Wildman–Crippen LogP) is 3.80. The summed E-state index contributed by atoms with van der Waals surface area (Å²) in [5, 5.41) is 2.85. The van der Waals surface area contributed by atoms with Gasteiger partial charge in [-0.1, -0.05) is 39.7 Å². The Morgan fingerprint density at radius 1 is 1.17 bits per heavy atom. The molecule has 0 aliphatic heterocycles. The number of anilines is 1. The fraction of sp³-hybridized carbons (Fsp3) is 0.125. The molecule has 0 aromatic heterocycles. The molecule has 2 aromatic carbocycles. The Hall–Kier alpha value is -2.12. The predicted molar refractivity (Wildman–Crippen MR) is 90.6 cm³/mol. The summed E-state index contributed by atoms with van der Waals surface area (Å²) in [7, 11) is 0. The normalized spacial score (nSPS) is 10.1. The third-order valence-electron chi connectivity index (χ3n) is 2.75. The van der Waals surface area contributed by atoms with Gasteiger partial charge < -0.3 is 14.8 Å². The number of nitrogens with one attached hydrogen (secondary N) is 1. The van der Waals surface area contributed by atoms with Crippen LogP contribution in [-0.2, 0) is 14.3 Å². The van der Waals surface area contributed by atoms with Crippen LogP contribution < -0.4 is 10.1 Å². The highest BCUT2D eigenvalue weighted by Crippen LogP contribution is 2.25. The van der Waals surface area contributed by atoms with Gasteiger partial charge in [0.2, 0.25) is 0 Å². The lowest BCUT2D eigenvalue weighted by atomic mass is 10.3. The van der Waals surface area contributed by atoms with Crippen molar-refractivity contribution in [2.75, 3.05) is 18.5 Å². The van der Waals surface area contributed by atoms with E-state index in [1.807, 2.05) is 0 Å². The van der Waals surface area contributed by atoms with Gasteiger partial charge in [-0.05, 0) is 30.3 Å². The number of esters is 1. The molecule has 5 nitrogen and oxygen atoms in total. The average molecular weight is 417 g/mol. The molecule has 0 aliphatic rings. The van der Waals surface area contributed by atoms with E-state index in [0.717, 1.165) is 4.47 Å². The molecule has 0 radical (unpaired) electrons. The summed E-state index contributed by atoms with van der Waals surface area (Å²) in [6.07, 6.45) is 0. The van der Waals surface area contributed by atoms with Crippen LogP contribution >= 0.6 is 27.5 Å². The van der Waals surface area contributed by atoms with E-state index in [0.29, 0.717) is 10.7 Å². The number of carbonyl (C=O) groups is 2. The van der Waals surface area contributed by atoms with Crippen LogP contribution in [0.25, 0.3) is 0 Å². The Morgan fingerprint density at radius 3 is 2.62 bits per heavy atom. The van der Waals surface area contributed by atoms with Gasteiger partial charge in [0.15, 0.2) is 24.8 Å². The zero-order chi connectivity index (χ0) is 17.5. The van der Waals surface area contributed by atoms with Gasteiger partial charge in [-0.25, -0.2) is 9.18 Å². The van der Waals surface area contributed by atoms with E-state index >= 15 is 0 Å². The second kappa shape index (κ2) is 8.65. The molecule has 0 bridgehead atoms. The van der Waals surface area contributed by atoms with Crippen molar-refractivity contribution in [3.05, 3.63) is 57.8 Å². The minimum Gasteiger partial charge on any atom is -0.479 e. The Bertz CT molecular complexity index is 757. The zero-order valence-electron chi connectivity index (χ0n) is 12.2. The monoisotopic (exact) mass is 415 g/mol. The molecule has 24 heavy (non-hydrogen) atoms. The van der Waals surface area contributed by atoms with E-state index in [1.165, 1.54) is 18.2 Å². The van der Waals surface area contributed by atoms with Crippen LogP contribution in [0.1, 0.15) is 0 Å². The van der Waals surface area contributed by atoms with E-state index < -0.39 is 30.9 Å². The van der Waals surface area contributed by atoms with Crippen LogP contribution in [0, 0.1) is 5.82 Å². The molecule has 0 saturated heterocycles. The second-order valence-electron chi connectivity index (χ2n) is 4.55. The molecule has 8 heteroatoms. The molecule has 0 spiro atoms. The summed E-state index contributed by atoms with van der Waals surface area (Å²) < 4.78 is 23.8. The van der Waals surface area contributed by atoms with Gasteiger partial charge >= 0.3 is 5.97 Å². The molecule has 1 N–H and O–H groups in total. The van der Waals surface area contributed by atoms with Crippen molar-refractivity contribution >= 4 is 45.1 Å². The molecule has 0 atom stereocenters. The topological polar surface area (TPSA) is 64.6 Å². The van der Waals surface area contributed by atoms with Crippen molar-refractivity contribution in [2.45, 2.75) is 0 Å². The summed E-state index contributed by atoms with van der Waals surface area (Å²) in [6, 6.07) is 10.6. The lowest BCUT2D eigenvalue weighted by Gasteiger charge is -2.09. The van der Waals surface area contributed by atoms with Gasteiger partial charge in [0.25, 0.3) is 5.91 Å². The van der Waals surface area contributed by atoms with E-state index in [1.54, 1.807) is 24.3 Å². The quantitative estimate of drug-likeness (QED) is 0.728. The van der Waals surface area contributed by atoms with Gasteiger partial charge in [-0.2, -0.15) is 0 Å². The Kier molecular flexibility index (Phi) is 6.57. The maximum atomic E-state index is 13.3. The molecule has 0 aliphatic carbocycles. The maximum absolute atomic E-state index is 13.3. The minimum atomic E-state index is -0.796. The number of rotatable bonds is 6. The number of hydrogen-bond acceptors (Lipinski definition) is 4. The standard InChI is InChI=1S/C16H12BrClFNO4/c17-10-5-6-13(11(18)7-10)20-15(21)8-24-16(22)9-23-14-4-2-1-3-12(14)19/h1-7H,8-9H2,(H,20,21). The molecule has 126 valence electrons. The Balaban J connectivity index is 1.77. The minimum absolute atomic E-state index is 0.0689. The van der Waals surface area contributed by atoms with E-state index in [2.05, 4.69) is 21.2 Å². The van der Waals surface area contributed by atoms with Crippen LogP contribution in [0.2, 0.25) is 5.02 Å². The second-order valence-corrected chi connectivity index (χ2v) is 5.88. The van der Waals surface area contributed by atoms with Crippen molar-refractivity contribution in [1.29, 1.82) is 0 Å². The number of amides is 1. The Labute approximate surface area is 150 Å². The summed E-state index contributed by atoms with van der Waals surface area (Å²) in [5.74, 6) is -2.01. The molecule has 0 unspecified atom stereocenters. The van der Waals surface area contributed by atoms with Crippen LogP contribution in [0.5, 0.6) is 5.75 Å². The van der Waals surface area contributed by atoms with Crippen molar-refractivity contribution < 1.29 is 23.5 Å². The van der Waals surface area contributed by atoms with Gasteiger partial charge in [0.1, 0.15) is 0 Å². The number of halogens is 3. The molecule has 0 fully saturated rings. The molecule has 0 heterocycles. The van der Waals surface area contributed by atoms with E-state index in [9.17, 15) is 14.0 Å². The molecular formula is C16H12BrClFNO4. The Morgan fingerprint density at radius 2 is 1.92 bits per heavy atom. The lowest BCUT2D eigenvalue weighted by Crippen LogP contribution is -2.23. The van der Waals surface area contributed by atoms with Crippen LogP contribution in [-0.4, -0.2) is 25.1 Å². The van der Waals surface area contributed by atoms with Gasteiger partial charge in [-0.15, -0.1) is 0 Å². The third-order valence-corrected chi connectivity index (χ3v) is 3.56. The van der Waals surface area contributed by atoms with Gasteiger partial charge in [0.05, 0.1) is 10.7 Å². The molecule has 2 rings (SSSR count). The summed E-state index contributed by atoms with van der Waals surface area (Å²) in [5.41, 5.74) is 0.392. The lowest BCUT2D eigenvalue weighted by molar-refractivity contribution is -0.149. The first kappa shape index (κ1) is 18.2. The first-order valence-electron chi connectivity index (χ1n) is 6.73. The highest BCUT2D eigenvalue weighted by atomic mass is 79.9. The van der Waals surface area contributed by atoms with Crippen LogP contribution in [0.15, 0.2) is 46.9 Å². The maximum Gasteiger partial charge on any atom is 0.344 e. The van der Waals surface area contributed by atoms with Crippen molar-refractivity contribution in [3.63, 3.8) is 0 Å². The van der Waals surface area contributed by atoms with Crippen LogP contribution in [0.4, 0.5) is 10.1 Å². The van der Waals surface area contributed by atoms with Gasteiger partial charge in [-0.3, -0.25) is 4.79 Å². The molecule has 0 saturated carbocycles. The summed E-state index contributed by atoms with van der Waals surface area (Å²) >= 11 is 9.21. The van der Waals surface area contributed by atoms with E-state index in [4.69, 9.17) is 21.1 Å². The number of hydrogen-bond donors (Lipinski definition) is 1. The molecule has 2 aromatic rings. The zero-order valence-corrected chi connectivity index (χ0v) is 14.6. The highest BCUT2D eigenvalue weighted by Gasteiger charge is 2.11. The number of ether oxygens (including phenoxy) is 2. The number of carbonyl (C=O) groups excluding carboxylic acids is 2. The van der Waals surface area contributed by atoms with Crippen molar-refractivity contribution in [1.82, 2.24) is 0 Å². The number of benzene rings is 2. The average Bonchev–Trinajstić information content (AvgIpc) is 2.55. The number of para-hydroxylation sites is 1. The largest absolute Gasteiger partial charge is 0.479 e. The fourth-order valence-corrected chi connectivity index (χ4v) is 2.38. The first-order valence-corrected chi connectivity index (χ1v) is 7.90. The third kappa shape index (κ3) is 5.50. The van der Waals surface area contributed by atoms with E-state index in [-0.39, 0.29) is 5.75 Å². The van der Waals surface area contributed by atoms with Crippen LogP contribution in [0.3, 0.4) is 0 Å². The van der Waals surface area contributed by atoms with Gasteiger partial charge in [0, 0.05) is 4.47 Å².